The Labute approximate surface area is 147 Å². The number of amides is 2. The molecule has 0 unspecified atom stereocenters. The monoisotopic (exact) mass is 344 g/mol. The van der Waals surface area contributed by atoms with Gasteiger partial charge in [-0.2, -0.15) is 0 Å². The summed E-state index contributed by atoms with van der Waals surface area (Å²) in [6.07, 6.45) is 0.276. The van der Waals surface area contributed by atoms with Crippen molar-refractivity contribution < 1.29 is 9.59 Å². The van der Waals surface area contributed by atoms with E-state index in [9.17, 15) is 9.59 Å². The molecule has 0 aliphatic carbocycles. The van der Waals surface area contributed by atoms with Crippen LogP contribution >= 0.6 is 11.6 Å². The van der Waals surface area contributed by atoms with E-state index in [0.29, 0.717) is 18.1 Å². The topological polar surface area (TPSA) is 40.6 Å². The molecule has 0 spiro atoms. The van der Waals surface area contributed by atoms with Crippen LogP contribution in [0.3, 0.4) is 0 Å². The Bertz CT molecular complexity index is 686. The van der Waals surface area contributed by atoms with Crippen LogP contribution in [0.2, 0.25) is 5.02 Å². The number of nitrogens with zero attached hydrogens (tertiary/aromatic N) is 2. The molecule has 2 rings (SSSR count). The zero-order valence-electron chi connectivity index (χ0n) is 13.9. The quantitative estimate of drug-likeness (QED) is 0.801. The minimum absolute atomic E-state index is 0.0245. The van der Waals surface area contributed by atoms with Crippen molar-refractivity contribution >= 4 is 29.1 Å². The highest BCUT2D eigenvalue weighted by Gasteiger charge is 2.15. The normalized spacial score (nSPS) is 10.3. The summed E-state index contributed by atoms with van der Waals surface area (Å²) in [6.45, 7) is 2.37. The summed E-state index contributed by atoms with van der Waals surface area (Å²) in [5, 5.41) is 0.660. The molecule has 0 heterocycles. The number of benzene rings is 2. The van der Waals surface area contributed by atoms with Crippen molar-refractivity contribution in [3.05, 3.63) is 65.2 Å². The highest BCUT2D eigenvalue weighted by molar-refractivity contribution is 6.30. The molecule has 0 aliphatic rings. The average molecular weight is 345 g/mol. The fourth-order valence-corrected chi connectivity index (χ4v) is 2.48. The van der Waals surface area contributed by atoms with Crippen LogP contribution < -0.4 is 4.90 Å². The van der Waals surface area contributed by atoms with Gasteiger partial charge in [0.05, 0.1) is 0 Å². The van der Waals surface area contributed by atoms with Crippen molar-refractivity contribution in [2.24, 2.45) is 0 Å². The van der Waals surface area contributed by atoms with Crippen molar-refractivity contribution in [3.63, 3.8) is 0 Å². The molecule has 0 saturated carbocycles. The Hall–Kier alpha value is -2.33. The van der Waals surface area contributed by atoms with Crippen LogP contribution in [-0.4, -0.2) is 30.3 Å². The summed E-state index contributed by atoms with van der Waals surface area (Å²) in [7, 11) is 1.75. The maximum absolute atomic E-state index is 12.3. The molecule has 0 atom stereocenters. The second-order valence-electron chi connectivity index (χ2n) is 5.61. The van der Waals surface area contributed by atoms with Crippen molar-refractivity contribution in [2.75, 3.05) is 18.5 Å². The fourth-order valence-electron chi connectivity index (χ4n) is 2.35. The highest BCUT2D eigenvalue weighted by atomic mass is 35.5. The summed E-state index contributed by atoms with van der Waals surface area (Å²) in [6, 6.07) is 16.8. The van der Waals surface area contributed by atoms with E-state index in [2.05, 4.69) is 0 Å². The standard InChI is InChI=1S/C19H21ClN2O2/c1-15(23)22(14-16-8-10-17(20)11-9-16)13-12-19(24)21(2)18-6-4-3-5-7-18/h3-11H,12-14H2,1-2H3. The molecule has 0 fully saturated rings. The van der Waals surface area contributed by atoms with Gasteiger partial charge in [0.1, 0.15) is 0 Å². The third-order valence-corrected chi connectivity index (χ3v) is 4.10. The van der Waals surface area contributed by atoms with Crippen molar-refractivity contribution in [2.45, 2.75) is 19.9 Å². The van der Waals surface area contributed by atoms with Gasteiger partial charge in [-0.25, -0.2) is 0 Å². The van der Waals surface area contributed by atoms with Crippen LogP contribution in [0.25, 0.3) is 0 Å². The van der Waals surface area contributed by atoms with E-state index >= 15 is 0 Å². The summed E-state index contributed by atoms with van der Waals surface area (Å²) in [5.41, 5.74) is 1.83. The van der Waals surface area contributed by atoms with E-state index in [1.165, 1.54) is 6.92 Å². The van der Waals surface area contributed by atoms with Gasteiger partial charge in [-0.3, -0.25) is 9.59 Å². The minimum Gasteiger partial charge on any atom is -0.338 e. The Morgan fingerprint density at radius 1 is 1.00 bits per heavy atom. The van der Waals surface area contributed by atoms with Gasteiger partial charge in [0.2, 0.25) is 11.8 Å². The Morgan fingerprint density at radius 3 is 2.21 bits per heavy atom. The molecule has 0 aromatic heterocycles. The van der Waals surface area contributed by atoms with Crippen LogP contribution in [0.15, 0.2) is 54.6 Å². The third-order valence-electron chi connectivity index (χ3n) is 3.85. The lowest BCUT2D eigenvalue weighted by molar-refractivity contribution is -0.130. The van der Waals surface area contributed by atoms with Crippen LogP contribution in [0.5, 0.6) is 0 Å². The second kappa shape index (κ2) is 8.50. The van der Waals surface area contributed by atoms with Gasteiger partial charge >= 0.3 is 0 Å². The molecule has 24 heavy (non-hydrogen) atoms. The van der Waals surface area contributed by atoms with E-state index in [0.717, 1.165) is 11.3 Å². The molecule has 0 saturated heterocycles. The van der Waals surface area contributed by atoms with Crippen LogP contribution in [-0.2, 0) is 16.1 Å². The Balaban J connectivity index is 1.94. The lowest BCUT2D eigenvalue weighted by Gasteiger charge is -2.23. The predicted molar refractivity (Wildman–Crippen MR) is 97.0 cm³/mol. The first-order chi connectivity index (χ1) is 11.5. The summed E-state index contributed by atoms with van der Waals surface area (Å²) in [4.78, 5) is 27.5. The molecule has 0 bridgehead atoms. The maximum atomic E-state index is 12.3. The molecule has 126 valence electrons. The zero-order valence-corrected chi connectivity index (χ0v) is 14.7. The first-order valence-electron chi connectivity index (χ1n) is 7.79. The van der Waals surface area contributed by atoms with E-state index < -0.39 is 0 Å². The third kappa shape index (κ3) is 5.10. The van der Waals surface area contributed by atoms with Crippen LogP contribution in [0.1, 0.15) is 18.9 Å². The van der Waals surface area contributed by atoms with E-state index in [4.69, 9.17) is 11.6 Å². The van der Waals surface area contributed by atoms with Gasteiger partial charge in [-0.1, -0.05) is 41.9 Å². The molecule has 2 aromatic rings. The second-order valence-corrected chi connectivity index (χ2v) is 6.04. The molecule has 4 nitrogen and oxygen atoms in total. The maximum Gasteiger partial charge on any atom is 0.228 e. The van der Waals surface area contributed by atoms with E-state index in [1.807, 2.05) is 42.5 Å². The molecule has 2 aromatic carbocycles. The predicted octanol–water partition coefficient (Wildman–Crippen LogP) is 3.74. The minimum atomic E-state index is -0.0554. The van der Waals surface area contributed by atoms with Crippen LogP contribution in [0.4, 0.5) is 5.69 Å². The first-order valence-corrected chi connectivity index (χ1v) is 8.16. The van der Waals surface area contributed by atoms with Crippen LogP contribution in [0, 0.1) is 0 Å². The van der Waals surface area contributed by atoms with Gasteiger partial charge in [-0.05, 0) is 29.8 Å². The lowest BCUT2D eigenvalue weighted by Crippen LogP contribution is -2.34. The number of carbonyl (C=O) groups excluding carboxylic acids is 2. The van der Waals surface area contributed by atoms with Gasteiger partial charge in [-0.15, -0.1) is 0 Å². The molecule has 2 amide bonds. The van der Waals surface area contributed by atoms with Gasteiger partial charge in [0, 0.05) is 44.2 Å². The number of hydrogen-bond acceptors (Lipinski definition) is 2. The van der Waals surface area contributed by atoms with E-state index in [-0.39, 0.29) is 18.2 Å². The molecule has 0 aliphatic heterocycles. The lowest BCUT2D eigenvalue weighted by atomic mass is 10.2. The highest BCUT2D eigenvalue weighted by Crippen LogP contribution is 2.14. The summed E-state index contributed by atoms with van der Waals surface area (Å²) in [5.74, 6) is -0.0799. The molecule has 0 radical (unpaired) electrons. The summed E-state index contributed by atoms with van der Waals surface area (Å²) >= 11 is 5.88. The van der Waals surface area contributed by atoms with Gasteiger partial charge in [0.25, 0.3) is 0 Å². The van der Waals surface area contributed by atoms with Gasteiger partial charge in [0.15, 0.2) is 0 Å². The molecule has 5 heteroatoms. The number of halogens is 1. The number of rotatable bonds is 6. The van der Waals surface area contributed by atoms with Crippen molar-refractivity contribution in [1.29, 1.82) is 0 Å². The molecule has 0 N–H and O–H groups in total. The number of carbonyl (C=O) groups is 2. The molecular weight excluding hydrogens is 324 g/mol. The number of hydrogen-bond donors (Lipinski definition) is 0. The van der Waals surface area contributed by atoms with Gasteiger partial charge < -0.3 is 9.80 Å². The van der Waals surface area contributed by atoms with Crippen molar-refractivity contribution in [1.82, 2.24) is 4.90 Å². The average Bonchev–Trinajstić information content (AvgIpc) is 2.59. The number of anilines is 1. The van der Waals surface area contributed by atoms with Crippen molar-refractivity contribution in [3.8, 4) is 0 Å². The summed E-state index contributed by atoms with van der Waals surface area (Å²) < 4.78 is 0. The molecular formula is C19H21ClN2O2. The largest absolute Gasteiger partial charge is 0.338 e. The Morgan fingerprint density at radius 2 is 1.62 bits per heavy atom. The zero-order chi connectivity index (χ0) is 17.5. The SMILES string of the molecule is CC(=O)N(CCC(=O)N(C)c1ccccc1)Cc1ccc(Cl)cc1. The smallest absolute Gasteiger partial charge is 0.228 e. The number of para-hydroxylation sites is 1. The van der Waals surface area contributed by atoms with E-state index in [1.54, 1.807) is 29.0 Å². The Kier molecular flexibility index (Phi) is 6.38. The fraction of sp³-hybridized carbons (Fsp3) is 0.263. The first kappa shape index (κ1) is 18.0.